The molecular formula is C24H31N3O2. The zero-order valence-corrected chi connectivity index (χ0v) is 17.5. The molecule has 3 aliphatic carbocycles. The number of nitrogens with zero attached hydrogens (tertiary/aromatic N) is 2. The number of fused-ring (bicyclic) bond motifs is 2. The Morgan fingerprint density at radius 1 is 1.17 bits per heavy atom. The summed E-state index contributed by atoms with van der Waals surface area (Å²) < 4.78 is 13.5. The average Bonchev–Trinajstić information content (AvgIpc) is 3.09. The van der Waals surface area contributed by atoms with Crippen LogP contribution in [0, 0.1) is 17.8 Å². The molecule has 0 saturated heterocycles. The normalized spacial score (nSPS) is 30.1. The summed E-state index contributed by atoms with van der Waals surface area (Å²) >= 11 is 0. The van der Waals surface area contributed by atoms with Gasteiger partial charge >= 0.3 is 0 Å². The highest BCUT2D eigenvalue weighted by Crippen LogP contribution is 2.56. The predicted octanol–water partition coefficient (Wildman–Crippen LogP) is 5.14. The zero-order valence-electron chi connectivity index (χ0n) is 17.5. The van der Waals surface area contributed by atoms with Gasteiger partial charge in [-0.15, -0.1) is 0 Å². The van der Waals surface area contributed by atoms with Crippen LogP contribution in [0.25, 0.3) is 5.70 Å². The summed E-state index contributed by atoms with van der Waals surface area (Å²) in [4.78, 5) is 0. The van der Waals surface area contributed by atoms with Gasteiger partial charge in [-0.25, -0.2) is 4.68 Å². The highest BCUT2D eigenvalue weighted by molar-refractivity contribution is 5.68. The van der Waals surface area contributed by atoms with E-state index >= 15 is 0 Å². The summed E-state index contributed by atoms with van der Waals surface area (Å²) in [6.07, 6.45) is 9.44. The second-order valence-electron chi connectivity index (χ2n) is 9.27. The number of nitrogens with one attached hydrogen (secondary N) is 1. The van der Waals surface area contributed by atoms with Crippen LogP contribution in [0.3, 0.4) is 0 Å². The number of hydrogen-bond acceptors (Lipinski definition) is 4. The average molecular weight is 394 g/mol. The van der Waals surface area contributed by atoms with E-state index in [4.69, 9.17) is 14.6 Å². The molecule has 0 aliphatic heterocycles. The molecule has 1 N–H and O–H groups in total. The summed E-state index contributed by atoms with van der Waals surface area (Å²) in [7, 11) is 3.53. The van der Waals surface area contributed by atoms with Gasteiger partial charge in [0.05, 0.1) is 12.8 Å². The SMILES string of the molecule is C=C(NC12CC3CCCC(C1)C(C3)C2)c1nn(C)c(OC)c1Oc1ccccc1. The third-order valence-electron chi connectivity index (χ3n) is 7.29. The molecule has 3 fully saturated rings. The van der Waals surface area contributed by atoms with E-state index in [1.54, 1.807) is 11.8 Å². The molecule has 5 heteroatoms. The van der Waals surface area contributed by atoms with Crippen LogP contribution in [0.1, 0.15) is 50.6 Å². The lowest BCUT2D eigenvalue weighted by Crippen LogP contribution is -2.45. The Labute approximate surface area is 173 Å². The number of benzene rings is 1. The maximum atomic E-state index is 6.21. The van der Waals surface area contributed by atoms with Crippen molar-refractivity contribution < 1.29 is 9.47 Å². The Balaban J connectivity index is 1.43. The van der Waals surface area contributed by atoms with Gasteiger partial charge in [-0.3, -0.25) is 0 Å². The largest absolute Gasteiger partial charge is 0.479 e. The lowest BCUT2D eigenvalue weighted by molar-refractivity contribution is 0.201. The van der Waals surface area contributed by atoms with Gasteiger partial charge < -0.3 is 14.8 Å². The lowest BCUT2D eigenvalue weighted by atomic mass is 9.75. The van der Waals surface area contributed by atoms with Crippen LogP contribution in [0.2, 0.25) is 0 Å². The van der Waals surface area contributed by atoms with Crippen molar-refractivity contribution in [1.82, 2.24) is 15.1 Å². The molecule has 5 rings (SSSR count). The summed E-state index contributed by atoms with van der Waals surface area (Å²) in [5.74, 6) is 4.62. The summed E-state index contributed by atoms with van der Waals surface area (Å²) in [6.45, 7) is 4.39. The first-order chi connectivity index (χ1) is 14.1. The smallest absolute Gasteiger partial charge is 0.256 e. The van der Waals surface area contributed by atoms with Crippen molar-refractivity contribution in [2.75, 3.05) is 7.11 Å². The topological polar surface area (TPSA) is 48.3 Å². The van der Waals surface area contributed by atoms with Gasteiger partial charge in [0.2, 0.25) is 5.75 Å². The molecule has 0 radical (unpaired) electrons. The van der Waals surface area contributed by atoms with E-state index in [-0.39, 0.29) is 5.54 Å². The van der Waals surface area contributed by atoms with Crippen molar-refractivity contribution in [1.29, 1.82) is 0 Å². The molecule has 5 nitrogen and oxygen atoms in total. The molecule has 1 heterocycles. The van der Waals surface area contributed by atoms with Crippen LogP contribution >= 0.6 is 0 Å². The van der Waals surface area contributed by atoms with E-state index in [0.717, 1.165) is 34.9 Å². The summed E-state index contributed by atoms with van der Waals surface area (Å²) in [6, 6.07) is 9.78. The maximum absolute atomic E-state index is 6.21. The minimum atomic E-state index is 0.171. The molecule has 3 bridgehead atoms. The highest BCUT2D eigenvalue weighted by Gasteiger charge is 2.51. The van der Waals surface area contributed by atoms with Gasteiger partial charge in [-0.05, 0) is 55.6 Å². The van der Waals surface area contributed by atoms with Crippen molar-refractivity contribution in [3.63, 3.8) is 0 Å². The Bertz CT molecular complexity index is 902. The number of aryl methyl sites for hydroxylation is 1. The van der Waals surface area contributed by atoms with E-state index in [1.165, 1.54) is 44.9 Å². The number of rotatable bonds is 6. The van der Waals surface area contributed by atoms with E-state index < -0.39 is 0 Å². The van der Waals surface area contributed by atoms with Gasteiger partial charge in [0.1, 0.15) is 5.75 Å². The summed E-state index contributed by atoms with van der Waals surface area (Å²) in [5.41, 5.74) is 1.75. The van der Waals surface area contributed by atoms with Crippen molar-refractivity contribution >= 4 is 5.70 Å². The Morgan fingerprint density at radius 3 is 2.76 bits per heavy atom. The molecule has 4 unspecified atom stereocenters. The second kappa shape index (κ2) is 7.12. The van der Waals surface area contributed by atoms with Crippen LogP contribution in [-0.4, -0.2) is 22.4 Å². The minimum Gasteiger partial charge on any atom is -0.479 e. The van der Waals surface area contributed by atoms with E-state index in [2.05, 4.69) is 11.9 Å². The van der Waals surface area contributed by atoms with Crippen LogP contribution in [0.5, 0.6) is 17.4 Å². The fourth-order valence-electron chi connectivity index (χ4n) is 6.30. The third kappa shape index (κ3) is 3.30. The highest BCUT2D eigenvalue weighted by atomic mass is 16.5. The lowest BCUT2D eigenvalue weighted by Gasteiger charge is -2.39. The van der Waals surface area contributed by atoms with Gasteiger partial charge in [0, 0.05) is 12.6 Å². The van der Waals surface area contributed by atoms with Crippen LogP contribution in [0.4, 0.5) is 0 Å². The zero-order chi connectivity index (χ0) is 20.0. The number of ether oxygens (including phenoxy) is 2. The Kier molecular flexibility index (Phi) is 4.56. The fourth-order valence-corrected chi connectivity index (χ4v) is 6.30. The molecule has 2 aromatic rings. The molecule has 0 spiro atoms. The molecular weight excluding hydrogens is 362 g/mol. The fraction of sp³-hybridized carbons (Fsp3) is 0.542. The standard InChI is InChI=1S/C24H31N3O2/c1-16(25-24-13-17-8-7-9-18(14-24)19(12-17)15-24)21-22(23(28-3)27(2)26-21)29-20-10-5-4-6-11-20/h4-6,10-11,17-19,25H,1,7-9,12-15H2,2-3H3. The van der Waals surface area contributed by atoms with E-state index in [9.17, 15) is 0 Å². The number of aromatic nitrogens is 2. The maximum Gasteiger partial charge on any atom is 0.256 e. The van der Waals surface area contributed by atoms with Gasteiger partial charge in [-0.2, -0.15) is 5.10 Å². The molecule has 3 saturated carbocycles. The van der Waals surface area contributed by atoms with Crippen molar-refractivity contribution in [2.24, 2.45) is 24.8 Å². The molecule has 4 atom stereocenters. The molecule has 29 heavy (non-hydrogen) atoms. The number of hydrogen-bond donors (Lipinski definition) is 1. The molecule has 1 aromatic carbocycles. The van der Waals surface area contributed by atoms with Crippen LogP contribution in [-0.2, 0) is 7.05 Å². The number of methoxy groups -OCH3 is 1. The molecule has 1 aromatic heterocycles. The second-order valence-corrected chi connectivity index (χ2v) is 9.27. The first-order valence-electron chi connectivity index (χ1n) is 10.9. The Morgan fingerprint density at radius 2 is 1.97 bits per heavy atom. The first-order valence-corrected chi connectivity index (χ1v) is 10.9. The molecule has 154 valence electrons. The van der Waals surface area contributed by atoms with Gasteiger partial charge in [0.15, 0.2) is 5.69 Å². The Hall–Kier alpha value is -2.43. The quantitative estimate of drug-likeness (QED) is 0.738. The predicted molar refractivity (Wildman–Crippen MR) is 114 cm³/mol. The molecule has 0 amide bonds. The van der Waals surface area contributed by atoms with Gasteiger partial charge in [-0.1, -0.05) is 44.0 Å². The monoisotopic (exact) mass is 393 g/mol. The summed E-state index contributed by atoms with van der Waals surface area (Å²) in [5, 5.41) is 8.55. The minimum absolute atomic E-state index is 0.171. The first kappa shape index (κ1) is 18.6. The van der Waals surface area contributed by atoms with E-state index in [0.29, 0.717) is 11.6 Å². The van der Waals surface area contributed by atoms with Crippen molar-refractivity contribution in [3.8, 4) is 17.4 Å². The van der Waals surface area contributed by atoms with Crippen molar-refractivity contribution in [3.05, 3.63) is 42.6 Å². The van der Waals surface area contributed by atoms with Crippen LogP contribution < -0.4 is 14.8 Å². The van der Waals surface area contributed by atoms with E-state index in [1.807, 2.05) is 37.4 Å². The van der Waals surface area contributed by atoms with Gasteiger partial charge in [0.25, 0.3) is 5.88 Å². The third-order valence-corrected chi connectivity index (χ3v) is 7.29. The van der Waals surface area contributed by atoms with Crippen LogP contribution in [0.15, 0.2) is 36.9 Å². The van der Waals surface area contributed by atoms with Crippen molar-refractivity contribution in [2.45, 2.75) is 50.5 Å². The number of para-hydroxylation sites is 1. The molecule has 3 aliphatic rings.